The zero-order valence-electron chi connectivity index (χ0n) is 11.3. The highest BCUT2D eigenvalue weighted by atomic mass is 32.2. The highest BCUT2D eigenvalue weighted by molar-refractivity contribution is 7.89. The van der Waals surface area contributed by atoms with Gasteiger partial charge in [-0.15, -0.1) is 10.2 Å². The third-order valence-electron chi connectivity index (χ3n) is 4.25. The Kier molecular flexibility index (Phi) is 2.94. The maximum Gasteiger partial charge on any atom is 0.273 e. The second-order valence-electron chi connectivity index (χ2n) is 6.17. The minimum Gasteiger partial charge on any atom is -0.300 e. The Morgan fingerprint density at radius 1 is 1.32 bits per heavy atom. The molecule has 2 N–H and O–H groups in total. The van der Waals surface area contributed by atoms with Crippen molar-refractivity contribution in [1.82, 2.24) is 14.8 Å². The van der Waals surface area contributed by atoms with Gasteiger partial charge in [-0.25, -0.2) is 13.6 Å². The summed E-state index contributed by atoms with van der Waals surface area (Å²) in [6.07, 6.45) is 3.75. The van der Waals surface area contributed by atoms with Crippen molar-refractivity contribution in [3.63, 3.8) is 0 Å². The molecule has 19 heavy (non-hydrogen) atoms. The molecule has 2 fully saturated rings. The van der Waals surface area contributed by atoms with Crippen molar-refractivity contribution in [3.05, 3.63) is 5.82 Å². The first-order valence-electron chi connectivity index (χ1n) is 6.85. The molecule has 7 heteroatoms. The fourth-order valence-electron chi connectivity index (χ4n) is 3.50. The number of hydrogen-bond donors (Lipinski definition) is 1. The van der Waals surface area contributed by atoms with Crippen LogP contribution in [0.2, 0.25) is 0 Å². The Morgan fingerprint density at radius 2 is 1.95 bits per heavy atom. The van der Waals surface area contributed by atoms with Gasteiger partial charge in [-0.05, 0) is 30.6 Å². The summed E-state index contributed by atoms with van der Waals surface area (Å²) in [5.41, 5.74) is 0. The molecule has 0 saturated heterocycles. The normalized spacial score (nSPS) is 29.8. The molecular formula is C12H20N4O2S. The van der Waals surface area contributed by atoms with Crippen molar-refractivity contribution in [2.45, 2.75) is 50.7 Å². The lowest BCUT2D eigenvalue weighted by atomic mass is 10.1. The molecule has 2 unspecified atom stereocenters. The zero-order chi connectivity index (χ0) is 13.8. The van der Waals surface area contributed by atoms with Gasteiger partial charge in [0, 0.05) is 12.5 Å². The number of aromatic nitrogens is 3. The van der Waals surface area contributed by atoms with E-state index < -0.39 is 10.0 Å². The predicted molar refractivity (Wildman–Crippen MR) is 69.8 cm³/mol. The summed E-state index contributed by atoms with van der Waals surface area (Å²) in [6.45, 7) is 4.69. The second kappa shape index (κ2) is 4.28. The van der Waals surface area contributed by atoms with Crippen LogP contribution in [0.25, 0.3) is 0 Å². The van der Waals surface area contributed by atoms with E-state index in [1.165, 1.54) is 19.3 Å². The average molecular weight is 284 g/mol. The largest absolute Gasteiger partial charge is 0.300 e. The van der Waals surface area contributed by atoms with Crippen LogP contribution in [-0.2, 0) is 16.6 Å². The molecule has 3 rings (SSSR count). The molecule has 0 spiro atoms. The van der Waals surface area contributed by atoms with Crippen LogP contribution >= 0.6 is 0 Å². The van der Waals surface area contributed by atoms with Crippen molar-refractivity contribution in [3.8, 4) is 0 Å². The first-order valence-corrected chi connectivity index (χ1v) is 8.40. The fraction of sp³-hybridized carbons (Fsp3) is 0.833. The van der Waals surface area contributed by atoms with E-state index in [1.807, 2.05) is 13.8 Å². The molecule has 1 aromatic heterocycles. The molecule has 6 nitrogen and oxygen atoms in total. The zero-order valence-corrected chi connectivity index (χ0v) is 12.1. The van der Waals surface area contributed by atoms with E-state index in [9.17, 15) is 8.42 Å². The summed E-state index contributed by atoms with van der Waals surface area (Å²) in [7, 11) is -3.80. The molecule has 2 atom stereocenters. The van der Waals surface area contributed by atoms with Crippen molar-refractivity contribution in [2.75, 3.05) is 0 Å². The molecule has 0 bridgehead atoms. The highest BCUT2D eigenvalue weighted by Gasteiger charge is 2.55. The topological polar surface area (TPSA) is 90.9 Å². The van der Waals surface area contributed by atoms with E-state index in [2.05, 4.69) is 10.2 Å². The Labute approximate surface area is 113 Å². The monoisotopic (exact) mass is 284 g/mol. The van der Waals surface area contributed by atoms with Gasteiger partial charge in [-0.3, -0.25) is 0 Å². The van der Waals surface area contributed by atoms with Gasteiger partial charge in [-0.2, -0.15) is 0 Å². The van der Waals surface area contributed by atoms with Crippen molar-refractivity contribution < 1.29 is 8.42 Å². The van der Waals surface area contributed by atoms with Gasteiger partial charge in [0.1, 0.15) is 5.82 Å². The van der Waals surface area contributed by atoms with E-state index >= 15 is 0 Å². The summed E-state index contributed by atoms with van der Waals surface area (Å²) in [5, 5.41) is 13.1. The molecule has 0 aliphatic heterocycles. The van der Waals surface area contributed by atoms with E-state index in [0.29, 0.717) is 30.2 Å². The lowest BCUT2D eigenvalue weighted by molar-refractivity contribution is 0.463. The molecule has 1 heterocycles. The number of sulfonamides is 1. The van der Waals surface area contributed by atoms with E-state index in [4.69, 9.17) is 5.14 Å². The van der Waals surface area contributed by atoms with Crippen LogP contribution in [0.15, 0.2) is 5.16 Å². The molecular weight excluding hydrogens is 264 g/mol. The van der Waals surface area contributed by atoms with Gasteiger partial charge in [0.05, 0.1) is 0 Å². The number of hydrogen-bond acceptors (Lipinski definition) is 4. The number of primary sulfonamides is 1. The summed E-state index contributed by atoms with van der Waals surface area (Å²) in [6, 6.07) is 0. The third-order valence-corrected chi connectivity index (χ3v) is 5.06. The van der Waals surface area contributed by atoms with Crippen LogP contribution in [0.5, 0.6) is 0 Å². The minimum atomic E-state index is -3.80. The fourth-order valence-corrected chi connectivity index (χ4v) is 4.13. The number of nitrogens with zero attached hydrogens (tertiary/aromatic N) is 3. The molecule has 0 radical (unpaired) electrons. The van der Waals surface area contributed by atoms with Crippen molar-refractivity contribution in [2.24, 2.45) is 22.9 Å². The van der Waals surface area contributed by atoms with Crippen molar-refractivity contribution >= 4 is 10.0 Å². The third kappa shape index (κ3) is 2.18. The number of rotatable bonds is 4. The van der Waals surface area contributed by atoms with E-state index in [0.717, 1.165) is 5.82 Å². The van der Waals surface area contributed by atoms with Crippen LogP contribution in [-0.4, -0.2) is 23.2 Å². The summed E-state index contributed by atoms with van der Waals surface area (Å²) in [5.74, 6) is 2.92. The first-order chi connectivity index (χ1) is 8.89. The van der Waals surface area contributed by atoms with Crippen LogP contribution in [0, 0.1) is 17.8 Å². The lowest BCUT2D eigenvalue weighted by Crippen LogP contribution is -2.21. The molecule has 2 saturated carbocycles. The van der Waals surface area contributed by atoms with Gasteiger partial charge in [-0.1, -0.05) is 20.3 Å². The quantitative estimate of drug-likeness (QED) is 0.896. The summed E-state index contributed by atoms with van der Waals surface area (Å²) < 4.78 is 24.9. The second-order valence-corrected chi connectivity index (χ2v) is 7.63. The van der Waals surface area contributed by atoms with Gasteiger partial charge < -0.3 is 4.57 Å². The van der Waals surface area contributed by atoms with Gasteiger partial charge >= 0.3 is 0 Å². The van der Waals surface area contributed by atoms with E-state index in [1.54, 1.807) is 4.57 Å². The Balaban J connectivity index is 1.98. The maximum atomic E-state index is 11.6. The SMILES string of the molecule is CC(C)Cn1c(C2C3CCCC32)nnc1S(N)(=O)=O. The predicted octanol–water partition coefficient (Wildman–Crippen LogP) is 1.10. The molecule has 1 aromatic rings. The smallest absolute Gasteiger partial charge is 0.273 e. The van der Waals surface area contributed by atoms with Crippen molar-refractivity contribution in [1.29, 1.82) is 0 Å². The Morgan fingerprint density at radius 3 is 2.47 bits per heavy atom. The van der Waals surface area contributed by atoms with Gasteiger partial charge in [0.15, 0.2) is 0 Å². The molecule has 0 aromatic carbocycles. The molecule has 106 valence electrons. The lowest BCUT2D eigenvalue weighted by Gasteiger charge is -2.12. The Bertz CT molecular complexity index is 583. The minimum absolute atomic E-state index is 0.0822. The standard InChI is InChI=1S/C12H20N4O2S/c1-7(2)6-16-11(10-8-4-3-5-9(8)10)14-15-12(16)19(13,17)18/h7-10H,3-6H2,1-2H3,(H2,13,17,18). The molecule has 0 amide bonds. The highest BCUT2D eigenvalue weighted by Crippen LogP contribution is 2.62. The van der Waals surface area contributed by atoms with Crippen LogP contribution in [0.3, 0.4) is 0 Å². The van der Waals surface area contributed by atoms with Crippen LogP contribution in [0.1, 0.15) is 44.9 Å². The maximum absolute atomic E-state index is 11.6. The molecule has 2 aliphatic carbocycles. The first kappa shape index (κ1) is 13.1. The number of nitrogens with two attached hydrogens (primary N) is 1. The van der Waals surface area contributed by atoms with Gasteiger partial charge in [0.2, 0.25) is 0 Å². The van der Waals surface area contributed by atoms with Crippen LogP contribution < -0.4 is 5.14 Å². The summed E-state index contributed by atoms with van der Waals surface area (Å²) in [4.78, 5) is 0. The molecule has 2 aliphatic rings. The Hall–Kier alpha value is -0.950. The summed E-state index contributed by atoms with van der Waals surface area (Å²) >= 11 is 0. The average Bonchev–Trinajstić information content (AvgIpc) is 2.69. The van der Waals surface area contributed by atoms with Crippen LogP contribution in [0.4, 0.5) is 0 Å². The number of fused-ring (bicyclic) bond motifs is 1. The van der Waals surface area contributed by atoms with Gasteiger partial charge in [0.25, 0.3) is 15.2 Å². The van der Waals surface area contributed by atoms with E-state index in [-0.39, 0.29) is 5.16 Å².